The van der Waals surface area contributed by atoms with E-state index in [0.29, 0.717) is 6.04 Å². The summed E-state index contributed by atoms with van der Waals surface area (Å²) in [5.74, 6) is 0. The molecule has 104 valence electrons. The van der Waals surface area contributed by atoms with Gasteiger partial charge in [-0.2, -0.15) is 0 Å². The molecule has 2 heteroatoms. The number of aryl methyl sites for hydroxylation is 1. The third-order valence-corrected chi connectivity index (χ3v) is 4.03. The molecule has 2 nitrogen and oxygen atoms in total. The summed E-state index contributed by atoms with van der Waals surface area (Å²) in [7, 11) is 0. The van der Waals surface area contributed by atoms with Gasteiger partial charge in [0.1, 0.15) is 0 Å². The van der Waals surface area contributed by atoms with Crippen molar-refractivity contribution >= 4 is 5.69 Å². The summed E-state index contributed by atoms with van der Waals surface area (Å²) in [6.07, 6.45) is 2.20. The van der Waals surface area contributed by atoms with Crippen LogP contribution in [0.5, 0.6) is 0 Å². The Morgan fingerprint density at radius 2 is 2.05 bits per heavy atom. The van der Waals surface area contributed by atoms with Crippen molar-refractivity contribution in [2.75, 3.05) is 11.9 Å². The maximum atomic E-state index is 3.71. The highest BCUT2D eigenvalue weighted by Crippen LogP contribution is 2.27. The predicted molar refractivity (Wildman–Crippen MR) is 84.9 cm³/mol. The van der Waals surface area contributed by atoms with E-state index in [2.05, 4.69) is 66.1 Å². The van der Waals surface area contributed by atoms with E-state index >= 15 is 0 Å². The van der Waals surface area contributed by atoms with Crippen LogP contribution in [0.4, 0.5) is 5.69 Å². The van der Waals surface area contributed by atoms with Gasteiger partial charge < -0.3 is 10.6 Å². The Labute approximate surface area is 121 Å². The second-order valence-corrected chi connectivity index (χ2v) is 5.42. The SMILES string of the molecule is CCc1cccc(NC2CCNCc3ccccc32)c1. The first-order valence-electron chi connectivity index (χ1n) is 7.51. The fraction of sp³-hybridized carbons (Fsp3) is 0.333. The second kappa shape index (κ2) is 6.10. The lowest BCUT2D eigenvalue weighted by Crippen LogP contribution is -2.15. The van der Waals surface area contributed by atoms with E-state index in [1.165, 1.54) is 22.4 Å². The van der Waals surface area contributed by atoms with Gasteiger partial charge in [-0.3, -0.25) is 0 Å². The van der Waals surface area contributed by atoms with Gasteiger partial charge in [-0.1, -0.05) is 43.3 Å². The molecule has 0 saturated heterocycles. The molecule has 2 N–H and O–H groups in total. The second-order valence-electron chi connectivity index (χ2n) is 5.42. The molecule has 0 aliphatic carbocycles. The van der Waals surface area contributed by atoms with Crippen molar-refractivity contribution in [3.05, 3.63) is 65.2 Å². The Bertz CT molecular complexity index is 577. The Kier molecular flexibility index (Phi) is 4.03. The number of rotatable bonds is 3. The molecule has 2 aromatic rings. The fourth-order valence-corrected chi connectivity index (χ4v) is 2.89. The first-order valence-corrected chi connectivity index (χ1v) is 7.51. The average molecular weight is 266 g/mol. The van der Waals surface area contributed by atoms with Crippen LogP contribution in [0.2, 0.25) is 0 Å². The molecule has 1 heterocycles. The van der Waals surface area contributed by atoms with E-state index < -0.39 is 0 Å². The first kappa shape index (κ1) is 13.2. The molecule has 0 radical (unpaired) electrons. The quantitative estimate of drug-likeness (QED) is 0.880. The summed E-state index contributed by atoms with van der Waals surface area (Å²) in [4.78, 5) is 0. The highest BCUT2D eigenvalue weighted by atomic mass is 14.9. The van der Waals surface area contributed by atoms with Crippen LogP contribution in [0, 0.1) is 0 Å². The number of anilines is 1. The third kappa shape index (κ3) is 2.86. The van der Waals surface area contributed by atoms with Crippen LogP contribution in [0.15, 0.2) is 48.5 Å². The topological polar surface area (TPSA) is 24.1 Å². The normalized spacial score (nSPS) is 18.1. The predicted octanol–water partition coefficient (Wildman–Crippen LogP) is 3.90. The molecule has 0 fully saturated rings. The Morgan fingerprint density at radius 1 is 1.15 bits per heavy atom. The van der Waals surface area contributed by atoms with Gasteiger partial charge in [0.15, 0.2) is 0 Å². The van der Waals surface area contributed by atoms with Crippen LogP contribution in [0.25, 0.3) is 0 Å². The van der Waals surface area contributed by atoms with Crippen LogP contribution in [-0.4, -0.2) is 6.54 Å². The minimum absolute atomic E-state index is 0.397. The summed E-state index contributed by atoms with van der Waals surface area (Å²) in [6.45, 7) is 4.23. The molecule has 2 aromatic carbocycles. The largest absolute Gasteiger partial charge is 0.378 e. The molecule has 1 unspecified atom stereocenters. The summed E-state index contributed by atoms with van der Waals surface area (Å²) in [5.41, 5.74) is 5.45. The minimum Gasteiger partial charge on any atom is -0.378 e. The number of nitrogens with one attached hydrogen (secondary N) is 2. The lowest BCUT2D eigenvalue weighted by atomic mass is 9.99. The van der Waals surface area contributed by atoms with Crippen molar-refractivity contribution in [1.29, 1.82) is 0 Å². The van der Waals surface area contributed by atoms with E-state index in [1.54, 1.807) is 0 Å². The monoisotopic (exact) mass is 266 g/mol. The first-order chi connectivity index (χ1) is 9.86. The van der Waals surface area contributed by atoms with E-state index in [1.807, 2.05) is 0 Å². The van der Waals surface area contributed by atoms with Crippen LogP contribution in [0.1, 0.15) is 36.1 Å². The molecule has 1 atom stereocenters. The van der Waals surface area contributed by atoms with E-state index in [9.17, 15) is 0 Å². The molecule has 0 bridgehead atoms. The molecular weight excluding hydrogens is 244 g/mol. The number of benzene rings is 2. The van der Waals surface area contributed by atoms with E-state index in [0.717, 1.165) is 25.9 Å². The summed E-state index contributed by atoms with van der Waals surface area (Å²) in [5, 5.41) is 7.21. The molecule has 1 aliphatic rings. The third-order valence-electron chi connectivity index (χ3n) is 4.03. The van der Waals surface area contributed by atoms with Crippen molar-refractivity contribution < 1.29 is 0 Å². The Morgan fingerprint density at radius 3 is 2.95 bits per heavy atom. The van der Waals surface area contributed by atoms with Crippen LogP contribution in [-0.2, 0) is 13.0 Å². The van der Waals surface area contributed by atoms with Gasteiger partial charge in [-0.25, -0.2) is 0 Å². The highest BCUT2D eigenvalue weighted by molar-refractivity contribution is 5.49. The van der Waals surface area contributed by atoms with Crippen molar-refractivity contribution in [3.8, 4) is 0 Å². The van der Waals surface area contributed by atoms with Crippen molar-refractivity contribution in [3.63, 3.8) is 0 Å². The van der Waals surface area contributed by atoms with Crippen molar-refractivity contribution in [2.45, 2.75) is 32.4 Å². The molecule has 0 saturated carbocycles. The van der Waals surface area contributed by atoms with Gasteiger partial charge in [0.2, 0.25) is 0 Å². The molecule has 0 aromatic heterocycles. The standard InChI is InChI=1S/C18H22N2/c1-2-14-6-5-8-16(12-14)20-18-10-11-19-13-15-7-3-4-9-17(15)18/h3-9,12,18-20H,2,10-11,13H2,1H3. The molecular formula is C18H22N2. The van der Waals surface area contributed by atoms with Gasteiger partial charge in [0, 0.05) is 12.2 Å². The van der Waals surface area contributed by atoms with E-state index in [-0.39, 0.29) is 0 Å². The number of hydrogen-bond donors (Lipinski definition) is 2. The molecule has 0 spiro atoms. The lowest BCUT2D eigenvalue weighted by molar-refractivity contribution is 0.637. The maximum absolute atomic E-state index is 3.71. The summed E-state index contributed by atoms with van der Waals surface area (Å²) in [6, 6.07) is 17.9. The minimum atomic E-state index is 0.397. The van der Waals surface area contributed by atoms with Crippen molar-refractivity contribution in [1.82, 2.24) is 5.32 Å². The molecule has 1 aliphatic heterocycles. The van der Waals surface area contributed by atoms with Gasteiger partial charge in [0.05, 0.1) is 6.04 Å². The van der Waals surface area contributed by atoms with Crippen LogP contribution < -0.4 is 10.6 Å². The summed E-state index contributed by atoms with van der Waals surface area (Å²) < 4.78 is 0. The average Bonchev–Trinajstić information content (AvgIpc) is 2.70. The number of fused-ring (bicyclic) bond motifs is 1. The molecule has 3 rings (SSSR count). The van der Waals surface area contributed by atoms with Crippen LogP contribution >= 0.6 is 0 Å². The lowest BCUT2D eigenvalue weighted by Gasteiger charge is -2.20. The number of hydrogen-bond acceptors (Lipinski definition) is 2. The van der Waals surface area contributed by atoms with Crippen molar-refractivity contribution in [2.24, 2.45) is 0 Å². The Hall–Kier alpha value is -1.80. The van der Waals surface area contributed by atoms with Gasteiger partial charge in [0.25, 0.3) is 0 Å². The zero-order valence-corrected chi connectivity index (χ0v) is 12.0. The highest BCUT2D eigenvalue weighted by Gasteiger charge is 2.17. The maximum Gasteiger partial charge on any atom is 0.0529 e. The molecule has 0 amide bonds. The summed E-state index contributed by atoms with van der Waals surface area (Å²) >= 11 is 0. The van der Waals surface area contributed by atoms with Gasteiger partial charge in [-0.15, -0.1) is 0 Å². The van der Waals surface area contributed by atoms with Gasteiger partial charge >= 0.3 is 0 Å². The van der Waals surface area contributed by atoms with Gasteiger partial charge in [-0.05, 0) is 48.2 Å². The van der Waals surface area contributed by atoms with E-state index in [4.69, 9.17) is 0 Å². The zero-order valence-electron chi connectivity index (χ0n) is 12.0. The molecule has 20 heavy (non-hydrogen) atoms. The smallest absolute Gasteiger partial charge is 0.0529 e. The Balaban J connectivity index is 1.86. The fourth-order valence-electron chi connectivity index (χ4n) is 2.89. The van der Waals surface area contributed by atoms with Crippen LogP contribution in [0.3, 0.4) is 0 Å². The zero-order chi connectivity index (χ0) is 13.8.